The Labute approximate surface area is 833 Å². The molecular formula is C86H71Cl4N25O18S8. The van der Waals surface area contributed by atoms with E-state index in [4.69, 9.17) is 55.9 Å². The molecule has 0 bridgehead atoms. The molecule has 0 atom stereocenters. The van der Waals surface area contributed by atoms with Crippen molar-refractivity contribution in [1.29, 1.82) is 0 Å². The van der Waals surface area contributed by atoms with Crippen molar-refractivity contribution in [2.75, 3.05) is 103 Å². The van der Waals surface area contributed by atoms with E-state index in [0.29, 0.717) is 74.3 Å². The van der Waals surface area contributed by atoms with Crippen molar-refractivity contribution >= 4 is 245 Å². The number of carbonyl (C=O) groups excluding carboxylic acids is 4. The van der Waals surface area contributed by atoms with E-state index in [9.17, 15) is 72.0 Å². The Morgan fingerprint density at radius 2 is 0.787 bits per heavy atom. The first-order valence-electron chi connectivity index (χ1n) is 41.7. The number of sulfonamides is 4. The summed E-state index contributed by atoms with van der Waals surface area (Å²) in [6, 6.07) is 37.0. The van der Waals surface area contributed by atoms with Gasteiger partial charge in [-0.1, -0.05) is 46.4 Å². The summed E-state index contributed by atoms with van der Waals surface area (Å²) in [5, 5.41) is 21.3. The fourth-order valence-corrected chi connectivity index (χ4v) is 24.0. The molecule has 11 N–H and O–H groups in total. The van der Waals surface area contributed by atoms with Crippen molar-refractivity contribution in [2.45, 2.75) is 36.1 Å². The van der Waals surface area contributed by atoms with Gasteiger partial charge in [0, 0.05) is 60.9 Å². The summed E-state index contributed by atoms with van der Waals surface area (Å²) in [6.45, 7) is 8.07. The van der Waals surface area contributed by atoms with Crippen molar-refractivity contribution in [3.8, 4) is 23.3 Å². The maximum absolute atomic E-state index is 13.1. The molecule has 55 heteroatoms. The number of hydrogen-bond donors (Lipinski definition) is 11. The van der Waals surface area contributed by atoms with Gasteiger partial charge in [-0.15, -0.1) is 45.3 Å². The second kappa shape index (κ2) is 42.4. The SMILES string of the molecule is O=C(Nc1ccc(-n2cnc3c4c(ccc3c2=O)NCC4)nc1)NS(=O)(=O)c1ccc(Cl)s1.O=C(Nc1ccc(-n2cnc3cc(C4=NCCO4)ccc3c2=O)nc1)NS(=O)(=O)c1ccc(Cl)s1.O=C(Nc1ccc(-n2cnc3cc(NCCCN4CCOCC4)ccc3c2=O)nc1)NS(=O)(=O)c1ccc(Cl)s1.O=C(Nc1ccc(-n2cnc3cc4c(cc3c2=O)CCN4)nc1)NS(=O)(=O)c1ccc(Cl)s1. The van der Waals surface area contributed by atoms with E-state index in [2.05, 4.69) is 87.0 Å². The van der Waals surface area contributed by atoms with Crippen LogP contribution in [0.15, 0.2) is 249 Å². The highest BCUT2D eigenvalue weighted by Gasteiger charge is 2.28. The van der Waals surface area contributed by atoms with Gasteiger partial charge in [-0.3, -0.25) is 42.3 Å². The van der Waals surface area contributed by atoms with Crippen LogP contribution < -0.4 is 78.3 Å². The largest absolute Gasteiger partial charge is 0.476 e. The zero-order valence-corrected chi connectivity index (χ0v) is 81.8. The Balaban J connectivity index is 0.000000130. The minimum atomic E-state index is -4.06. The van der Waals surface area contributed by atoms with Crippen LogP contribution in [0.25, 0.3) is 66.9 Å². The zero-order chi connectivity index (χ0) is 99.0. The topological polar surface area (TPSA) is 562 Å². The van der Waals surface area contributed by atoms with Gasteiger partial charge in [0.15, 0.2) is 0 Å². The molecule has 16 aromatic rings. The number of anilines is 7. The quantitative estimate of drug-likeness (QED) is 0.0281. The predicted molar refractivity (Wildman–Crippen MR) is 537 cm³/mol. The molecular weight excluding hydrogens is 2070 g/mol. The Morgan fingerprint density at radius 1 is 0.397 bits per heavy atom. The van der Waals surface area contributed by atoms with Gasteiger partial charge in [-0.25, -0.2) is 117 Å². The van der Waals surface area contributed by atoms with Gasteiger partial charge < -0.3 is 46.7 Å². The monoisotopic (exact) mass is 2140 g/mol. The summed E-state index contributed by atoms with van der Waals surface area (Å²) in [4.78, 5) is 142. The van der Waals surface area contributed by atoms with Gasteiger partial charge in [-0.2, -0.15) is 0 Å². The molecule has 1 fully saturated rings. The van der Waals surface area contributed by atoms with Crippen LogP contribution in [0.1, 0.15) is 23.1 Å². The minimum Gasteiger partial charge on any atom is -0.476 e. The molecule has 4 aliphatic heterocycles. The molecule has 724 valence electrons. The number of fused-ring (bicyclic) bond motifs is 7. The molecule has 0 unspecified atom stereocenters. The molecule has 1 saturated heterocycles. The van der Waals surface area contributed by atoms with Crippen molar-refractivity contribution < 1.29 is 62.3 Å². The average molecular weight is 2140 g/mol. The summed E-state index contributed by atoms with van der Waals surface area (Å²) in [7, 11) is -16.2. The molecule has 16 heterocycles. The van der Waals surface area contributed by atoms with Gasteiger partial charge in [0.25, 0.3) is 62.3 Å². The first kappa shape index (κ1) is 98.3. The highest BCUT2D eigenvalue weighted by molar-refractivity contribution is 7.93. The van der Waals surface area contributed by atoms with Gasteiger partial charge in [0.2, 0.25) is 5.90 Å². The van der Waals surface area contributed by atoms with Crippen LogP contribution in [0.2, 0.25) is 17.3 Å². The van der Waals surface area contributed by atoms with Crippen LogP contribution >= 0.6 is 91.8 Å². The van der Waals surface area contributed by atoms with E-state index < -0.39 is 64.2 Å². The lowest BCUT2D eigenvalue weighted by atomic mass is 10.1. The number of amides is 8. The third kappa shape index (κ3) is 23.4. The van der Waals surface area contributed by atoms with Gasteiger partial charge in [0.05, 0.1) is 128 Å². The summed E-state index contributed by atoms with van der Waals surface area (Å²) >= 11 is 26.4. The van der Waals surface area contributed by atoms with E-state index in [0.717, 1.165) is 151 Å². The van der Waals surface area contributed by atoms with Crippen LogP contribution in [0.4, 0.5) is 59.0 Å². The number of nitrogens with zero attached hydrogens (tertiary/aromatic N) is 14. The molecule has 8 amide bonds. The number of hydrogen-bond acceptors (Lipinski definition) is 35. The first-order valence-corrected chi connectivity index (χ1v) is 52.4. The number of thiophene rings is 4. The minimum absolute atomic E-state index is 0.0827. The van der Waals surface area contributed by atoms with Crippen LogP contribution in [-0.2, 0) is 62.4 Å². The third-order valence-corrected chi connectivity index (χ3v) is 33.2. The Morgan fingerprint density at radius 3 is 1.21 bits per heavy atom. The van der Waals surface area contributed by atoms with E-state index in [1.54, 1.807) is 30.3 Å². The first-order chi connectivity index (χ1) is 67.7. The number of halogens is 4. The van der Waals surface area contributed by atoms with Crippen molar-refractivity contribution in [2.24, 2.45) is 4.99 Å². The Kier molecular flexibility index (Phi) is 29.5. The standard InChI is InChI=1S/C25H26ClN7O5S2.C21H15ClN6O5S2.2C20H15ClN6O4S2/c26-21-5-7-23(39-21)40(36,37)31-25(35)30-18-3-6-22(28-15-18)33-16-29-20-14-17(2-4-19(20)24(33)34)27-8-1-9-32-10-12-38-13-11-32;22-16-4-6-18(34-16)35(31,32)27-21(30)26-13-2-5-17(24-10-13)28-11-25-15-9-12(19-23-7-8-33-19)1-3-14(15)20(28)29;21-15-4-6-17(32-15)33(30,31)26-20(29)25-11-1-5-16(23-9-11)27-10-24-18-12-7-8-22-14(12)3-2-13(18)19(27)28;21-16-2-4-18(32-16)33(30,31)26-20(29)25-12-1-3-17(23-9-12)27-10-24-15-8-14-11(5-6-22-14)7-13(15)19(27)28/h2-7,14-16,27H,1,8-13H2,(H2,30,31,35);1-6,9-11H,7-8H2,(H2,26,27,30);1-6,9-10,22H,7-8H2,(H2,25,26,29);1-4,7-10,22H,5-6H2,(H2,25,26,29). The molecule has 141 heavy (non-hydrogen) atoms. The average Bonchev–Trinajstić information content (AvgIpc) is 1.75. The molecule has 0 aliphatic carbocycles. The van der Waals surface area contributed by atoms with Crippen LogP contribution in [0.3, 0.4) is 0 Å². The molecule has 20 rings (SSSR count). The zero-order valence-electron chi connectivity index (χ0n) is 72.2. The summed E-state index contributed by atoms with van der Waals surface area (Å²) in [5.74, 6) is 1.69. The van der Waals surface area contributed by atoms with Crippen molar-refractivity contribution in [3.63, 3.8) is 0 Å². The number of morpholine rings is 1. The van der Waals surface area contributed by atoms with E-state index in [1.165, 1.54) is 165 Å². The number of pyridine rings is 4. The van der Waals surface area contributed by atoms with E-state index >= 15 is 0 Å². The van der Waals surface area contributed by atoms with E-state index in [1.807, 2.05) is 49.2 Å². The lowest BCUT2D eigenvalue weighted by Gasteiger charge is -2.26. The van der Waals surface area contributed by atoms with Gasteiger partial charge in [-0.05, 0) is 189 Å². The third-order valence-electron chi connectivity index (χ3n) is 21.0. The number of urea groups is 4. The van der Waals surface area contributed by atoms with Crippen molar-refractivity contribution in [3.05, 3.63) is 283 Å². The molecule has 0 saturated carbocycles. The van der Waals surface area contributed by atoms with Gasteiger partial charge >= 0.3 is 24.1 Å². The molecule has 0 radical (unpaired) electrons. The number of nitrogens with one attached hydrogen (secondary N) is 11. The number of ether oxygens (including phenoxy) is 2. The van der Waals surface area contributed by atoms with Crippen molar-refractivity contribution in [1.82, 2.24) is 81.9 Å². The maximum Gasteiger partial charge on any atom is 0.333 e. The fourth-order valence-electron chi connectivity index (χ4n) is 14.4. The summed E-state index contributed by atoms with van der Waals surface area (Å²) in [5.41, 5.74) is 7.77. The van der Waals surface area contributed by atoms with E-state index in [-0.39, 0.29) is 90.8 Å². The number of carbonyl (C=O) groups is 4. The highest BCUT2D eigenvalue weighted by Crippen LogP contribution is 2.33. The van der Waals surface area contributed by atoms with Crippen LogP contribution in [0, 0.1) is 0 Å². The number of aromatic nitrogens is 12. The van der Waals surface area contributed by atoms with Crippen LogP contribution in [-0.4, -0.2) is 192 Å². The number of rotatable bonds is 22. The fraction of sp³-hybridized carbons (Fsp3) is 0.151. The second-order valence-corrected chi connectivity index (χ2v) is 44.9. The Hall–Kier alpha value is -14.3. The van der Waals surface area contributed by atoms with Gasteiger partial charge in [0.1, 0.15) is 72.0 Å². The molecule has 12 aromatic heterocycles. The second-order valence-electron chi connectivity index (χ2n) is 30.4. The molecule has 43 nitrogen and oxygen atoms in total. The normalized spacial score (nSPS) is 13.4. The van der Waals surface area contributed by atoms with Crippen LogP contribution in [0.5, 0.6) is 0 Å². The maximum atomic E-state index is 13.1. The number of aliphatic imine (C=N–C) groups is 1. The summed E-state index contributed by atoms with van der Waals surface area (Å²) in [6.07, 6.45) is 13.4. The molecule has 4 aromatic carbocycles. The Bertz CT molecular complexity index is 8230. The summed E-state index contributed by atoms with van der Waals surface area (Å²) < 4.78 is 122. The smallest absolute Gasteiger partial charge is 0.333 e. The lowest BCUT2D eigenvalue weighted by Crippen LogP contribution is -2.37. The lowest BCUT2D eigenvalue weighted by molar-refractivity contribution is 0.0378. The molecule has 0 spiro atoms. The molecule has 4 aliphatic rings. The number of benzene rings is 4. The highest BCUT2D eigenvalue weighted by atomic mass is 35.5. The predicted octanol–water partition coefficient (Wildman–Crippen LogP) is 11.9.